The first-order valence-corrected chi connectivity index (χ1v) is 6.94. The molecule has 0 aliphatic carbocycles. The monoisotopic (exact) mass is 258 g/mol. The normalized spacial score (nSPS) is 19.6. The van der Waals surface area contributed by atoms with Gasteiger partial charge >= 0.3 is 0 Å². The summed E-state index contributed by atoms with van der Waals surface area (Å²) >= 11 is 0. The van der Waals surface area contributed by atoms with Crippen LogP contribution >= 0.6 is 0 Å². The molecule has 1 saturated heterocycles. The van der Waals surface area contributed by atoms with Gasteiger partial charge in [0, 0.05) is 13.1 Å². The summed E-state index contributed by atoms with van der Waals surface area (Å²) in [5, 5.41) is 9.54. The van der Waals surface area contributed by atoms with E-state index in [9.17, 15) is 5.26 Å². The van der Waals surface area contributed by atoms with Gasteiger partial charge in [0.2, 0.25) is 0 Å². The van der Waals surface area contributed by atoms with E-state index in [2.05, 4.69) is 42.2 Å². The number of hydrogen-bond acceptors (Lipinski definition) is 3. The molecule has 1 aliphatic heterocycles. The average Bonchev–Trinajstić information content (AvgIpc) is 2.46. The van der Waals surface area contributed by atoms with Gasteiger partial charge in [0.15, 0.2) is 0 Å². The molecule has 19 heavy (non-hydrogen) atoms. The topological polar surface area (TPSA) is 36.3 Å². The first kappa shape index (κ1) is 14.0. The Bertz CT molecular complexity index is 460. The minimum atomic E-state index is -0.381. The van der Waals surface area contributed by atoms with Crippen molar-refractivity contribution >= 4 is 0 Å². The quantitative estimate of drug-likeness (QED) is 0.832. The van der Waals surface area contributed by atoms with Gasteiger partial charge in [-0.2, -0.15) is 5.26 Å². The maximum atomic E-state index is 9.54. The van der Waals surface area contributed by atoms with Crippen LogP contribution in [0.1, 0.15) is 24.5 Å². The number of benzene rings is 1. The number of rotatable bonds is 4. The Kier molecular flexibility index (Phi) is 4.57. The van der Waals surface area contributed by atoms with E-state index in [1.807, 2.05) is 6.92 Å². The van der Waals surface area contributed by atoms with Crippen LogP contribution in [0.2, 0.25) is 0 Å². The molecule has 1 atom stereocenters. The molecular formula is C16H22N2O. The maximum Gasteiger partial charge on any atom is 0.106 e. The van der Waals surface area contributed by atoms with Crippen molar-refractivity contribution in [2.45, 2.75) is 32.2 Å². The second-order valence-electron chi connectivity index (χ2n) is 5.47. The van der Waals surface area contributed by atoms with Crippen LogP contribution in [-0.2, 0) is 11.2 Å². The van der Waals surface area contributed by atoms with Crippen molar-refractivity contribution in [2.75, 3.05) is 26.3 Å². The molecule has 2 rings (SSSR count). The first-order valence-electron chi connectivity index (χ1n) is 6.94. The molecule has 0 amide bonds. The van der Waals surface area contributed by atoms with E-state index in [1.54, 1.807) is 0 Å². The molecule has 0 spiro atoms. The second-order valence-corrected chi connectivity index (χ2v) is 5.47. The molecule has 0 bridgehead atoms. The Morgan fingerprint density at radius 3 is 2.74 bits per heavy atom. The Labute approximate surface area is 115 Å². The van der Waals surface area contributed by atoms with Crippen LogP contribution in [0, 0.1) is 18.3 Å². The highest BCUT2D eigenvalue weighted by Crippen LogP contribution is 2.22. The van der Waals surface area contributed by atoms with Crippen molar-refractivity contribution in [3.63, 3.8) is 0 Å². The van der Waals surface area contributed by atoms with E-state index in [0.717, 1.165) is 39.1 Å². The molecule has 1 fully saturated rings. The second kappa shape index (κ2) is 6.18. The fourth-order valence-electron chi connectivity index (χ4n) is 2.60. The van der Waals surface area contributed by atoms with Crippen molar-refractivity contribution in [3.8, 4) is 6.07 Å². The Morgan fingerprint density at radius 2 is 2.11 bits per heavy atom. The standard InChI is InChI=1S/C16H22N2O/c1-14-4-3-5-15(12-14)6-7-16(2,13-17)18-8-10-19-11-9-18/h3-5,12H,6-11H2,1-2H3. The Morgan fingerprint density at radius 1 is 1.37 bits per heavy atom. The first-order chi connectivity index (χ1) is 9.14. The minimum absolute atomic E-state index is 0.381. The Hall–Kier alpha value is -1.37. The summed E-state index contributed by atoms with van der Waals surface area (Å²) in [7, 11) is 0. The SMILES string of the molecule is Cc1cccc(CCC(C)(C#N)N2CCOCC2)c1. The molecule has 1 aliphatic rings. The van der Waals surface area contributed by atoms with E-state index in [4.69, 9.17) is 4.74 Å². The lowest BCUT2D eigenvalue weighted by Gasteiger charge is -2.38. The molecule has 1 heterocycles. The lowest BCUT2D eigenvalue weighted by molar-refractivity contribution is -0.000448. The summed E-state index contributed by atoms with van der Waals surface area (Å²) in [5.41, 5.74) is 2.21. The molecule has 1 aromatic rings. The van der Waals surface area contributed by atoms with E-state index in [1.165, 1.54) is 11.1 Å². The van der Waals surface area contributed by atoms with Gasteiger partial charge in [-0.1, -0.05) is 29.8 Å². The lowest BCUT2D eigenvalue weighted by Crippen LogP contribution is -2.51. The summed E-state index contributed by atoms with van der Waals surface area (Å²) in [6.45, 7) is 7.35. The molecule has 0 saturated carbocycles. The largest absolute Gasteiger partial charge is 0.379 e. The van der Waals surface area contributed by atoms with Gasteiger partial charge in [-0.3, -0.25) is 4.90 Å². The number of morpholine rings is 1. The van der Waals surface area contributed by atoms with E-state index in [-0.39, 0.29) is 5.54 Å². The molecule has 1 aromatic carbocycles. The van der Waals surface area contributed by atoms with Crippen LogP contribution in [0.5, 0.6) is 0 Å². The third kappa shape index (κ3) is 3.56. The summed E-state index contributed by atoms with van der Waals surface area (Å²) in [5.74, 6) is 0. The highest BCUT2D eigenvalue weighted by Gasteiger charge is 2.32. The number of ether oxygens (including phenoxy) is 1. The van der Waals surface area contributed by atoms with Crippen LogP contribution < -0.4 is 0 Å². The van der Waals surface area contributed by atoms with Gasteiger partial charge in [-0.05, 0) is 32.3 Å². The zero-order valence-electron chi connectivity index (χ0n) is 11.9. The highest BCUT2D eigenvalue weighted by molar-refractivity contribution is 5.23. The molecule has 0 radical (unpaired) electrons. The van der Waals surface area contributed by atoms with Crippen LogP contribution in [0.3, 0.4) is 0 Å². The predicted molar refractivity (Wildman–Crippen MR) is 75.9 cm³/mol. The molecule has 0 N–H and O–H groups in total. The predicted octanol–water partition coefficient (Wildman–Crippen LogP) is 2.54. The molecule has 102 valence electrons. The third-order valence-electron chi connectivity index (χ3n) is 3.93. The van der Waals surface area contributed by atoms with Gasteiger partial charge in [0.1, 0.15) is 5.54 Å². The highest BCUT2D eigenvalue weighted by atomic mass is 16.5. The van der Waals surface area contributed by atoms with Crippen LogP contribution in [0.4, 0.5) is 0 Å². The molecular weight excluding hydrogens is 236 g/mol. The minimum Gasteiger partial charge on any atom is -0.379 e. The summed E-state index contributed by atoms with van der Waals surface area (Å²) < 4.78 is 5.37. The zero-order chi connectivity index (χ0) is 13.7. The third-order valence-corrected chi connectivity index (χ3v) is 3.93. The van der Waals surface area contributed by atoms with Crippen molar-refractivity contribution in [1.82, 2.24) is 4.90 Å². The summed E-state index contributed by atoms with van der Waals surface area (Å²) in [6, 6.07) is 11.0. The smallest absolute Gasteiger partial charge is 0.106 e. The van der Waals surface area contributed by atoms with Crippen molar-refractivity contribution in [3.05, 3.63) is 35.4 Å². The lowest BCUT2D eigenvalue weighted by atomic mass is 9.92. The molecule has 0 aromatic heterocycles. The zero-order valence-corrected chi connectivity index (χ0v) is 11.9. The van der Waals surface area contributed by atoms with Gasteiger partial charge < -0.3 is 4.74 Å². The van der Waals surface area contributed by atoms with Crippen LogP contribution in [0.15, 0.2) is 24.3 Å². The van der Waals surface area contributed by atoms with Crippen LogP contribution in [-0.4, -0.2) is 36.7 Å². The maximum absolute atomic E-state index is 9.54. The number of nitriles is 1. The summed E-state index contributed by atoms with van der Waals surface area (Å²) in [4.78, 5) is 2.26. The molecule has 1 unspecified atom stereocenters. The van der Waals surface area contributed by atoms with Crippen molar-refractivity contribution < 1.29 is 4.74 Å². The Balaban J connectivity index is 2.00. The fourth-order valence-corrected chi connectivity index (χ4v) is 2.60. The van der Waals surface area contributed by atoms with E-state index in [0.29, 0.717) is 0 Å². The molecule has 3 heteroatoms. The fraction of sp³-hybridized carbons (Fsp3) is 0.562. The van der Waals surface area contributed by atoms with Crippen molar-refractivity contribution in [1.29, 1.82) is 5.26 Å². The summed E-state index contributed by atoms with van der Waals surface area (Å²) in [6.07, 6.45) is 1.82. The van der Waals surface area contributed by atoms with Gasteiger partial charge in [0.05, 0.1) is 19.3 Å². The number of hydrogen-bond donors (Lipinski definition) is 0. The van der Waals surface area contributed by atoms with Gasteiger partial charge in [0.25, 0.3) is 0 Å². The van der Waals surface area contributed by atoms with Gasteiger partial charge in [-0.25, -0.2) is 0 Å². The average molecular weight is 258 g/mol. The number of aryl methyl sites for hydroxylation is 2. The van der Waals surface area contributed by atoms with E-state index < -0.39 is 0 Å². The van der Waals surface area contributed by atoms with E-state index >= 15 is 0 Å². The van der Waals surface area contributed by atoms with Crippen LogP contribution in [0.25, 0.3) is 0 Å². The van der Waals surface area contributed by atoms with Crippen molar-refractivity contribution in [2.24, 2.45) is 0 Å². The number of nitrogens with zero attached hydrogens (tertiary/aromatic N) is 2. The van der Waals surface area contributed by atoms with Gasteiger partial charge in [-0.15, -0.1) is 0 Å². The molecule has 3 nitrogen and oxygen atoms in total.